The summed E-state index contributed by atoms with van der Waals surface area (Å²) >= 11 is 5.68. The molecule has 3 N–H and O–H groups in total. The summed E-state index contributed by atoms with van der Waals surface area (Å²) in [7, 11) is 0. The second kappa shape index (κ2) is 16.8. The Labute approximate surface area is 163 Å². The molecule has 0 spiro atoms. The number of rotatable bonds is 18. The van der Waals surface area contributed by atoms with Crippen molar-refractivity contribution in [1.82, 2.24) is 0 Å². The van der Waals surface area contributed by atoms with Crippen LogP contribution in [0.2, 0.25) is 0 Å². The van der Waals surface area contributed by atoms with E-state index in [2.05, 4.69) is 6.92 Å². The van der Waals surface area contributed by atoms with Crippen molar-refractivity contribution in [2.75, 3.05) is 51.9 Å². The number of aliphatic hydroxyl groups excluding tert-OH is 3. The molecule has 0 saturated heterocycles. The summed E-state index contributed by atoms with van der Waals surface area (Å²) < 4.78 is 5.60. The summed E-state index contributed by atoms with van der Waals surface area (Å²) in [6, 6.07) is 0. The third-order valence-electron chi connectivity index (χ3n) is 4.74. The fourth-order valence-corrected chi connectivity index (χ4v) is 3.28. The Bertz CT molecular complexity index is 338. The smallest absolute Gasteiger partial charge is 0.305 e. The molecule has 0 aromatic carbocycles. The third-order valence-corrected chi connectivity index (χ3v) is 5.09. The molecular formula is C19H39ClNO5+. The van der Waals surface area contributed by atoms with E-state index in [-0.39, 0.29) is 36.2 Å². The first-order valence-corrected chi connectivity index (χ1v) is 10.5. The molecule has 0 aliphatic rings. The average Bonchev–Trinajstić information content (AvgIpc) is 2.61. The van der Waals surface area contributed by atoms with Gasteiger partial charge in [-0.3, -0.25) is 4.79 Å². The third kappa shape index (κ3) is 12.9. The number of nitrogens with zero attached hydrogens (tertiary/aromatic N) is 1. The van der Waals surface area contributed by atoms with Crippen molar-refractivity contribution in [1.29, 1.82) is 0 Å². The first-order chi connectivity index (χ1) is 12.5. The summed E-state index contributed by atoms with van der Waals surface area (Å²) in [6.45, 7) is 3.79. The van der Waals surface area contributed by atoms with Crippen LogP contribution in [-0.2, 0) is 9.53 Å². The van der Waals surface area contributed by atoms with Gasteiger partial charge in [0.25, 0.3) is 0 Å². The summed E-state index contributed by atoms with van der Waals surface area (Å²) in [6.07, 6.45) is 7.79. The highest BCUT2D eigenvalue weighted by atomic mass is 35.5. The fraction of sp³-hybridized carbons (Fsp3) is 0.947. The molecule has 26 heavy (non-hydrogen) atoms. The predicted molar refractivity (Wildman–Crippen MR) is 104 cm³/mol. The lowest BCUT2D eigenvalue weighted by molar-refractivity contribution is -0.931. The molecule has 0 amide bonds. The highest BCUT2D eigenvalue weighted by Crippen LogP contribution is 2.11. The number of carbonyl (C=O) groups excluding carboxylic acids is 1. The van der Waals surface area contributed by atoms with E-state index in [0.717, 1.165) is 19.3 Å². The van der Waals surface area contributed by atoms with Gasteiger partial charge in [-0.05, 0) is 6.42 Å². The molecule has 0 saturated carbocycles. The zero-order valence-corrected chi connectivity index (χ0v) is 17.1. The minimum atomic E-state index is -0.724. The van der Waals surface area contributed by atoms with Crippen molar-refractivity contribution >= 4 is 17.6 Å². The second-order valence-electron chi connectivity index (χ2n) is 7.04. The molecule has 0 fully saturated rings. The number of quaternary nitrogens is 1. The van der Waals surface area contributed by atoms with Crippen LogP contribution in [0.4, 0.5) is 0 Å². The molecule has 0 radical (unpaired) electrons. The quantitative estimate of drug-likeness (QED) is 0.143. The van der Waals surface area contributed by atoms with Gasteiger partial charge in [0.15, 0.2) is 0 Å². The molecule has 1 atom stereocenters. The molecule has 0 heterocycles. The predicted octanol–water partition coefficient (Wildman–Crippen LogP) is 2.07. The molecule has 0 aromatic heterocycles. The van der Waals surface area contributed by atoms with Gasteiger partial charge in [-0.15, -0.1) is 11.6 Å². The van der Waals surface area contributed by atoms with E-state index in [9.17, 15) is 20.1 Å². The summed E-state index contributed by atoms with van der Waals surface area (Å²) in [4.78, 5) is 11.9. The normalized spacial score (nSPS) is 13.0. The Morgan fingerprint density at radius 2 is 1.58 bits per heavy atom. The first kappa shape index (κ1) is 25.6. The second-order valence-corrected chi connectivity index (χ2v) is 7.35. The SMILES string of the molecule is CCCCCCCCCC(=O)OCC[N+](CCO)(CCO)C[C@H](O)CCl. The largest absolute Gasteiger partial charge is 0.460 e. The van der Waals surface area contributed by atoms with Gasteiger partial charge < -0.3 is 24.5 Å². The van der Waals surface area contributed by atoms with Crippen molar-refractivity contribution < 1.29 is 29.3 Å². The van der Waals surface area contributed by atoms with E-state index in [1.54, 1.807) is 0 Å². The molecule has 0 unspecified atom stereocenters. The Morgan fingerprint density at radius 1 is 1.00 bits per heavy atom. The van der Waals surface area contributed by atoms with E-state index in [1.165, 1.54) is 25.7 Å². The monoisotopic (exact) mass is 396 g/mol. The lowest BCUT2D eigenvalue weighted by Crippen LogP contribution is -2.57. The number of carbonyl (C=O) groups is 1. The first-order valence-electron chi connectivity index (χ1n) is 10.00. The van der Waals surface area contributed by atoms with Crippen LogP contribution in [0.15, 0.2) is 0 Å². The van der Waals surface area contributed by atoms with Gasteiger partial charge in [-0.1, -0.05) is 45.4 Å². The minimum Gasteiger partial charge on any atom is -0.460 e. The average molecular weight is 397 g/mol. The van der Waals surface area contributed by atoms with Gasteiger partial charge in [0.2, 0.25) is 0 Å². The molecule has 6 nitrogen and oxygen atoms in total. The standard InChI is InChI=1S/C19H39ClNO5/c1-2-3-4-5-6-7-8-9-19(25)26-15-12-21(10-13-22,11-14-23)17-18(24)16-20/h18,22-24H,2-17H2,1H3/q+1/t18-/m1/s1. The lowest BCUT2D eigenvalue weighted by Gasteiger charge is -2.38. The van der Waals surface area contributed by atoms with Gasteiger partial charge >= 0.3 is 5.97 Å². The molecule has 0 aliphatic heterocycles. The lowest BCUT2D eigenvalue weighted by atomic mass is 10.1. The number of hydrogen-bond donors (Lipinski definition) is 3. The highest BCUT2D eigenvalue weighted by Gasteiger charge is 2.29. The Balaban J connectivity index is 4.12. The van der Waals surface area contributed by atoms with Crippen LogP contribution in [0.25, 0.3) is 0 Å². The topological polar surface area (TPSA) is 87.0 Å². The van der Waals surface area contributed by atoms with Crippen LogP contribution in [0.1, 0.15) is 58.3 Å². The van der Waals surface area contributed by atoms with Gasteiger partial charge in [0.1, 0.15) is 38.9 Å². The summed E-state index contributed by atoms with van der Waals surface area (Å²) in [5.41, 5.74) is 0. The molecule has 7 heteroatoms. The van der Waals surface area contributed by atoms with Crippen molar-refractivity contribution in [3.8, 4) is 0 Å². The van der Waals surface area contributed by atoms with E-state index in [0.29, 0.717) is 32.6 Å². The number of aliphatic hydroxyl groups is 3. The van der Waals surface area contributed by atoms with Crippen molar-refractivity contribution in [2.45, 2.75) is 64.4 Å². The van der Waals surface area contributed by atoms with Crippen LogP contribution in [0.5, 0.6) is 0 Å². The Morgan fingerprint density at radius 3 is 2.12 bits per heavy atom. The van der Waals surface area contributed by atoms with E-state index >= 15 is 0 Å². The highest BCUT2D eigenvalue weighted by molar-refractivity contribution is 6.18. The maximum absolute atomic E-state index is 11.9. The number of alkyl halides is 1. The molecule has 156 valence electrons. The zero-order valence-electron chi connectivity index (χ0n) is 16.4. The molecular weight excluding hydrogens is 358 g/mol. The minimum absolute atomic E-state index is 0.0685. The van der Waals surface area contributed by atoms with E-state index in [4.69, 9.17) is 16.3 Å². The maximum atomic E-state index is 11.9. The number of esters is 1. The summed E-state index contributed by atoms with van der Waals surface area (Å²) in [5.74, 6) is -0.114. The zero-order chi connectivity index (χ0) is 19.7. The maximum Gasteiger partial charge on any atom is 0.305 e. The van der Waals surface area contributed by atoms with Crippen LogP contribution in [0.3, 0.4) is 0 Å². The van der Waals surface area contributed by atoms with Gasteiger partial charge in [-0.25, -0.2) is 0 Å². The van der Waals surface area contributed by atoms with E-state index < -0.39 is 6.10 Å². The number of halogens is 1. The molecule has 0 aliphatic carbocycles. The van der Waals surface area contributed by atoms with Crippen molar-refractivity contribution in [3.63, 3.8) is 0 Å². The molecule has 0 aromatic rings. The van der Waals surface area contributed by atoms with Gasteiger partial charge in [0, 0.05) is 6.42 Å². The molecule has 0 rings (SSSR count). The fourth-order valence-electron chi connectivity index (χ4n) is 3.18. The van der Waals surface area contributed by atoms with Crippen LogP contribution >= 0.6 is 11.6 Å². The van der Waals surface area contributed by atoms with Crippen LogP contribution in [-0.4, -0.2) is 83.8 Å². The van der Waals surface area contributed by atoms with Crippen molar-refractivity contribution in [3.05, 3.63) is 0 Å². The number of ether oxygens (including phenoxy) is 1. The summed E-state index contributed by atoms with van der Waals surface area (Å²) in [5, 5.41) is 28.5. The van der Waals surface area contributed by atoms with Crippen LogP contribution in [0, 0.1) is 0 Å². The molecule has 0 bridgehead atoms. The Kier molecular flexibility index (Phi) is 16.5. The number of hydrogen-bond acceptors (Lipinski definition) is 5. The van der Waals surface area contributed by atoms with Crippen LogP contribution < -0.4 is 0 Å². The van der Waals surface area contributed by atoms with E-state index in [1.807, 2.05) is 0 Å². The number of unbranched alkanes of at least 4 members (excludes halogenated alkanes) is 6. The van der Waals surface area contributed by atoms with Gasteiger partial charge in [0.05, 0.1) is 19.1 Å². The Hall–Kier alpha value is -0.400. The van der Waals surface area contributed by atoms with Crippen molar-refractivity contribution in [2.24, 2.45) is 0 Å². The van der Waals surface area contributed by atoms with Gasteiger partial charge in [-0.2, -0.15) is 0 Å².